The first-order valence-electron chi connectivity index (χ1n) is 10.8. The number of ether oxygens (including phenoxy) is 1. The van der Waals surface area contributed by atoms with Gasteiger partial charge in [-0.05, 0) is 69.2 Å². The number of hydrogen-bond donors (Lipinski definition) is 1. The quantitative estimate of drug-likeness (QED) is 0.704. The van der Waals surface area contributed by atoms with Gasteiger partial charge in [0.25, 0.3) is 5.91 Å². The molecule has 160 valence electrons. The van der Waals surface area contributed by atoms with Crippen LogP contribution in [0.15, 0.2) is 42.5 Å². The Hall–Kier alpha value is -2.08. The van der Waals surface area contributed by atoms with Gasteiger partial charge in [-0.3, -0.25) is 9.69 Å². The smallest absolute Gasteiger partial charge is 0.253 e. The van der Waals surface area contributed by atoms with Gasteiger partial charge in [-0.2, -0.15) is 0 Å². The fourth-order valence-electron chi connectivity index (χ4n) is 3.75. The zero-order valence-corrected chi connectivity index (χ0v) is 18.5. The molecular weight excluding hydrogens is 398 g/mol. The van der Waals surface area contributed by atoms with E-state index >= 15 is 0 Å². The summed E-state index contributed by atoms with van der Waals surface area (Å²) in [4.78, 5) is 17.5. The van der Waals surface area contributed by atoms with Crippen molar-refractivity contribution in [2.75, 3.05) is 26.2 Å². The second-order valence-electron chi connectivity index (χ2n) is 8.46. The van der Waals surface area contributed by atoms with Crippen molar-refractivity contribution in [2.45, 2.75) is 45.3 Å². The predicted molar refractivity (Wildman–Crippen MR) is 120 cm³/mol. The summed E-state index contributed by atoms with van der Waals surface area (Å²) < 4.78 is 6.11. The lowest BCUT2D eigenvalue weighted by molar-refractivity contribution is 0.0595. The number of hydrogen-bond acceptors (Lipinski definition) is 4. The average molecular weight is 428 g/mol. The highest BCUT2D eigenvalue weighted by Gasteiger charge is 2.25. The molecule has 4 rings (SSSR count). The lowest BCUT2D eigenvalue weighted by Crippen LogP contribution is -2.50. The molecule has 0 radical (unpaired) electrons. The summed E-state index contributed by atoms with van der Waals surface area (Å²) >= 11 is 5.98. The van der Waals surface area contributed by atoms with Gasteiger partial charge in [0, 0.05) is 61.0 Å². The minimum absolute atomic E-state index is 0.101. The Morgan fingerprint density at radius 3 is 2.43 bits per heavy atom. The minimum Gasteiger partial charge on any atom is -0.457 e. The number of nitrogens with zero attached hydrogens (tertiary/aromatic N) is 2. The molecule has 30 heavy (non-hydrogen) atoms. The molecule has 1 saturated carbocycles. The number of amides is 1. The predicted octanol–water partition coefficient (Wildman–Crippen LogP) is 4.55. The maximum absolute atomic E-state index is 13.1. The highest BCUT2D eigenvalue weighted by Crippen LogP contribution is 2.29. The maximum atomic E-state index is 13.1. The Morgan fingerprint density at radius 2 is 1.80 bits per heavy atom. The summed E-state index contributed by atoms with van der Waals surface area (Å²) in [5, 5.41) is 4.22. The highest BCUT2D eigenvalue weighted by atomic mass is 35.5. The number of nitrogens with one attached hydrogen (secondary N) is 1. The molecule has 1 N–H and O–H groups in total. The van der Waals surface area contributed by atoms with Crippen molar-refractivity contribution < 1.29 is 9.53 Å². The van der Waals surface area contributed by atoms with Crippen LogP contribution >= 0.6 is 11.6 Å². The Labute approximate surface area is 184 Å². The number of carbonyl (C=O) groups excluding carboxylic acids is 1. The zero-order valence-electron chi connectivity index (χ0n) is 17.7. The van der Waals surface area contributed by atoms with Gasteiger partial charge in [0.15, 0.2) is 0 Å². The third-order valence-corrected chi connectivity index (χ3v) is 6.09. The van der Waals surface area contributed by atoms with Gasteiger partial charge in [0.2, 0.25) is 0 Å². The van der Waals surface area contributed by atoms with E-state index in [2.05, 4.69) is 24.1 Å². The van der Waals surface area contributed by atoms with Crippen molar-refractivity contribution in [3.05, 3.63) is 58.6 Å². The van der Waals surface area contributed by atoms with E-state index in [0.717, 1.165) is 48.8 Å². The first kappa shape index (κ1) is 21.2. The Bertz CT molecular complexity index is 873. The monoisotopic (exact) mass is 427 g/mol. The van der Waals surface area contributed by atoms with Crippen molar-refractivity contribution in [1.82, 2.24) is 15.1 Å². The minimum atomic E-state index is 0.101. The molecule has 0 aromatic heterocycles. The van der Waals surface area contributed by atoms with Crippen molar-refractivity contribution >= 4 is 17.5 Å². The van der Waals surface area contributed by atoms with Crippen LogP contribution in [0.5, 0.6) is 11.5 Å². The molecule has 0 spiro atoms. The van der Waals surface area contributed by atoms with Crippen LogP contribution in [0.2, 0.25) is 5.02 Å². The number of carbonyl (C=O) groups is 1. The molecular formula is C24H30ClN3O2. The van der Waals surface area contributed by atoms with E-state index in [9.17, 15) is 4.79 Å². The van der Waals surface area contributed by atoms with Gasteiger partial charge >= 0.3 is 0 Å². The largest absolute Gasteiger partial charge is 0.457 e. The third-order valence-electron chi connectivity index (χ3n) is 5.84. The van der Waals surface area contributed by atoms with Crippen molar-refractivity contribution in [3.8, 4) is 11.5 Å². The first-order valence-corrected chi connectivity index (χ1v) is 11.2. The lowest BCUT2D eigenvalue weighted by atomic mass is 10.1. The number of piperazine rings is 1. The van der Waals surface area contributed by atoms with Crippen LogP contribution in [-0.2, 0) is 6.54 Å². The first-order chi connectivity index (χ1) is 14.5. The molecule has 2 fully saturated rings. The Balaban J connectivity index is 1.49. The summed E-state index contributed by atoms with van der Waals surface area (Å²) in [6.45, 7) is 8.50. The zero-order chi connectivity index (χ0) is 21.1. The summed E-state index contributed by atoms with van der Waals surface area (Å²) in [6, 6.07) is 14.2. The molecule has 2 aromatic rings. The second kappa shape index (κ2) is 9.38. The highest BCUT2D eigenvalue weighted by molar-refractivity contribution is 6.30. The molecule has 1 saturated heterocycles. The van der Waals surface area contributed by atoms with Crippen LogP contribution < -0.4 is 10.1 Å². The Kier molecular flexibility index (Phi) is 6.61. The fourth-order valence-corrected chi connectivity index (χ4v) is 3.87. The van der Waals surface area contributed by atoms with Gasteiger partial charge in [0.05, 0.1) is 0 Å². The van der Waals surface area contributed by atoms with Crippen molar-refractivity contribution in [1.29, 1.82) is 0 Å². The standard InChI is InChI=1S/C24H30ClN3O2/c1-17(2)27-11-13-28(14-12-27)24(29)18-3-10-23(19(15-18)16-26-21-6-7-21)30-22-8-4-20(25)5-9-22/h3-5,8-10,15,17,21,26H,6-7,11-14,16H2,1-2H3. The molecule has 0 bridgehead atoms. The van der Waals surface area contributed by atoms with Crippen LogP contribution in [0.25, 0.3) is 0 Å². The second-order valence-corrected chi connectivity index (χ2v) is 8.89. The van der Waals surface area contributed by atoms with Crippen LogP contribution in [0.1, 0.15) is 42.6 Å². The molecule has 2 aromatic carbocycles. The normalized spacial score (nSPS) is 17.4. The SMILES string of the molecule is CC(C)N1CCN(C(=O)c2ccc(Oc3ccc(Cl)cc3)c(CNC3CC3)c2)CC1. The molecule has 0 atom stereocenters. The number of halogens is 1. The lowest BCUT2D eigenvalue weighted by Gasteiger charge is -2.37. The van der Waals surface area contributed by atoms with Crippen LogP contribution in [0.3, 0.4) is 0 Å². The van der Waals surface area contributed by atoms with E-state index in [4.69, 9.17) is 16.3 Å². The third kappa shape index (κ3) is 5.34. The molecule has 2 aliphatic rings. The summed E-state index contributed by atoms with van der Waals surface area (Å²) in [7, 11) is 0. The number of benzene rings is 2. The molecule has 1 heterocycles. The van der Waals surface area contributed by atoms with Gasteiger partial charge in [-0.1, -0.05) is 11.6 Å². The van der Waals surface area contributed by atoms with Crippen LogP contribution in [0.4, 0.5) is 0 Å². The van der Waals surface area contributed by atoms with E-state index in [-0.39, 0.29) is 5.91 Å². The van der Waals surface area contributed by atoms with Gasteiger partial charge in [-0.15, -0.1) is 0 Å². The van der Waals surface area contributed by atoms with Crippen LogP contribution in [0, 0.1) is 0 Å². The van der Waals surface area contributed by atoms with E-state index in [0.29, 0.717) is 23.7 Å². The fraction of sp³-hybridized carbons (Fsp3) is 0.458. The molecule has 6 heteroatoms. The molecule has 1 aliphatic carbocycles. The van der Waals surface area contributed by atoms with Crippen LogP contribution in [-0.4, -0.2) is 54.0 Å². The van der Waals surface area contributed by atoms with Crippen molar-refractivity contribution in [3.63, 3.8) is 0 Å². The van der Waals surface area contributed by atoms with E-state index < -0.39 is 0 Å². The molecule has 5 nitrogen and oxygen atoms in total. The van der Waals surface area contributed by atoms with E-state index in [1.807, 2.05) is 47.4 Å². The van der Waals surface area contributed by atoms with Gasteiger partial charge in [0.1, 0.15) is 11.5 Å². The molecule has 1 aliphatic heterocycles. The molecule has 1 amide bonds. The van der Waals surface area contributed by atoms with E-state index in [1.54, 1.807) is 0 Å². The Morgan fingerprint density at radius 1 is 1.10 bits per heavy atom. The topological polar surface area (TPSA) is 44.8 Å². The molecule has 0 unspecified atom stereocenters. The summed E-state index contributed by atoms with van der Waals surface area (Å²) in [6.07, 6.45) is 2.43. The number of rotatable bonds is 7. The van der Waals surface area contributed by atoms with E-state index in [1.165, 1.54) is 12.8 Å². The van der Waals surface area contributed by atoms with Crippen molar-refractivity contribution in [2.24, 2.45) is 0 Å². The maximum Gasteiger partial charge on any atom is 0.253 e. The summed E-state index contributed by atoms with van der Waals surface area (Å²) in [5.74, 6) is 1.60. The van der Waals surface area contributed by atoms with Gasteiger partial charge < -0.3 is 15.0 Å². The summed E-state index contributed by atoms with van der Waals surface area (Å²) in [5.41, 5.74) is 1.73. The van der Waals surface area contributed by atoms with Gasteiger partial charge in [-0.25, -0.2) is 0 Å². The average Bonchev–Trinajstić information content (AvgIpc) is 3.58.